The number of methoxy groups -OCH3 is 2. The van der Waals surface area contributed by atoms with E-state index in [1.165, 1.54) is 20.3 Å². The van der Waals surface area contributed by atoms with Gasteiger partial charge in [-0.25, -0.2) is 14.6 Å². The molecule has 0 unspecified atom stereocenters. The summed E-state index contributed by atoms with van der Waals surface area (Å²) in [6.45, 7) is 0. The predicted octanol–water partition coefficient (Wildman–Crippen LogP) is 3.98. The molecule has 0 amide bonds. The number of rotatable bonds is 4. The summed E-state index contributed by atoms with van der Waals surface area (Å²) in [4.78, 5) is 31.2. The lowest BCUT2D eigenvalue weighted by atomic mass is 10.1. The molecule has 0 aliphatic carbocycles. The van der Waals surface area contributed by atoms with E-state index in [0.29, 0.717) is 22.7 Å². The highest BCUT2D eigenvalue weighted by atomic mass is 16.5. The molecule has 7 nitrogen and oxygen atoms in total. The first kappa shape index (κ1) is 19.2. The van der Waals surface area contributed by atoms with Crippen LogP contribution in [-0.4, -0.2) is 31.1 Å². The van der Waals surface area contributed by atoms with E-state index in [9.17, 15) is 9.59 Å². The molecule has 2 aromatic carbocycles. The summed E-state index contributed by atoms with van der Waals surface area (Å²) < 4.78 is 15.7. The Morgan fingerprint density at radius 2 is 1.70 bits per heavy atom. The zero-order chi connectivity index (χ0) is 21.1. The van der Waals surface area contributed by atoms with Crippen molar-refractivity contribution in [3.63, 3.8) is 0 Å². The first-order valence-electron chi connectivity index (χ1n) is 9.14. The second kappa shape index (κ2) is 8.08. The van der Waals surface area contributed by atoms with Crippen molar-refractivity contribution in [2.45, 2.75) is 0 Å². The second-order valence-electron chi connectivity index (χ2n) is 6.33. The average molecular weight is 402 g/mol. The number of fused-ring (bicyclic) bond motifs is 1. The quantitative estimate of drug-likeness (QED) is 0.611. The zero-order valence-electron chi connectivity index (χ0n) is 16.4. The molecule has 7 heteroatoms. The Balaban J connectivity index is 1.92. The number of oxazole rings is 1. The van der Waals surface area contributed by atoms with Crippen molar-refractivity contribution in [2.24, 2.45) is 0 Å². The maximum atomic E-state index is 12.7. The number of ether oxygens (including phenoxy) is 2. The maximum absolute atomic E-state index is 12.7. The van der Waals surface area contributed by atoms with Gasteiger partial charge >= 0.3 is 11.9 Å². The highest BCUT2D eigenvalue weighted by molar-refractivity contribution is 6.07. The van der Waals surface area contributed by atoms with Crippen molar-refractivity contribution in [3.05, 3.63) is 84.2 Å². The lowest BCUT2D eigenvalue weighted by Crippen LogP contribution is -2.27. The molecule has 0 radical (unpaired) electrons. The Labute approximate surface area is 172 Å². The highest BCUT2D eigenvalue weighted by Crippen LogP contribution is 2.34. The Morgan fingerprint density at radius 1 is 0.933 bits per heavy atom. The molecule has 0 fully saturated rings. The van der Waals surface area contributed by atoms with Gasteiger partial charge in [0.05, 0.1) is 25.5 Å². The third kappa shape index (κ3) is 3.37. The van der Waals surface area contributed by atoms with Gasteiger partial charge in [0, 0.05) is 11.8 Å². The summed E-state index contributed by atoms with van der Waals surface area (Å²) in [7, 11) is 2.51. The number of hydrogen-bond acceptors (Lipinski definition) is 7. The fourth-order valence-electron chi connectivity index (χ4n) is 3.18. The Bertz CT molecular complexity index is 1200. The van der Waals surface area contributed by atoms with Gasteiger partial charge in [0.15, 0.2) is 5.58 Å². The summed E-state index contributed by atoms with van der Waals surface area (Å²) in [5.74, 6) is -0.889. The molecule has 1 aliphatic rings. The standard InChI is InChI=1S/C23H18N2O5/c1-28-22(26)16-11-6-7-14-25(20(16)23(27)29-2)17-12-8-13-18-19(17)24-21(30-18)15-9-4-3-5-10-15/h3-14H,1-2H3. The highest BCUT2D eigenvalue weighted by Gasteiger charge is 2.29. The molecule has 1 aromatic heterocycles. The molecule has 30 heavy (non-hydrogen) atoms. The third-order valence-electron chi connectivity index (χ3n) is 4.57. The summed E-state index contributed by atoms with van der Waals surface area (Å²) in [6.07, 6.45) is 6.51. The summed E-state index contributed by atoms with van der Waals surface area (Å²) in [6, 6.07) is 14.9. The molecular weight excluding hydrogens is 384 g/mol. The van der Waals surface area contributed by atoms with E-state index in [4.69, 9.17) is 13.9 Å². The minimum Gasteiger partial charge on any atom is -0.465 e. The van der Waals surface area contributed by atoms with E-state index in [1.54, 1.807) is 41.5 Å². The van der Waals surface area contributed by atoms with E-state index in [0.717, 1.165) is 5.56 Å². The molecule has 3 aromatic rings. The van der Waals surface area contributed by atoms with Crippen LogP contribution in [0.3, 0.4) is 0 Å². The molecule has 2 heterocycles. The van der Waals surface area contributed by atoms with Crippen molar-refractivity contribution < 1.29 is 23.5 Å². The number of nitrogens with zero attached hydrogens (tertiary/aromatic N) is 2. The summed E-state index contributed by atoms with van der Waals surface area (Å²) in [5.41, 5.74) is 2.55. The van der Waals surface area contributed by atoms with Crippen LogP contribution >= 0.6 is 0 Å². The Morgan fingerprint density at radius 3 is 2.43 bits per heavy atom. The van der Waals surface area contributed by atoms with Gasteiger partial charge in [0.1, 0.15) is 11.2 Å². The van der Waals surface area contributed by atoms with Crippen LogP contribution in [0.25, 0.3) is 22.6 Å². The van der Waals surface area contributed by atoms with Crippen LogP contribution in [0.4, 0.5) is 5.69 Å². The number of para-hydroxylation sites is 1. The molecule has 0 spiro atoms. The number of anilines is 1. The molecule has 0 N–H and O–H groups in total. The molecule has 4 rings (SSSR count). The van der Waals surface area contributed by atoms with E-state index < -0.39 is 11.9 Å². The van der Waals surface area contributed by atoms with Gasteiger partial charge in [-0.15, -0.1) is 0 Å². The molecule has 1 aliphatic heterocycles. The minimum atomic E-state index is -0.685. The van der Waals surface area contributed by atoms with E-state index in [-0.39, 0.29) is 11.3 Å². The average Bonchev–Trinajstić information content (AvgIpc) is 3.11. The molecule has 0 atom stereocenters. The van der Waals surface area contributed by atoms with Crippen LogP contribution in [0.15, 0.2) is 88.6 Å². The second-order valence-corrected chi connectivity index (χ2v) is 6.33. The monoisotopic (exact) mass is 402 g/mol. The fourth-order valence-corrected chi connectivity index (χ4v) is 3.18. The topological polar surface area (TPSA) is 81.9 Å². The van der Waals surface area contributed by atoms with Crippen LogP contribution in [0.5, 0.6) is 0 Å². The third-order valence-corrected chi connectivity index (χ3v) is 4.57. The van der Waals surface area contributed by atoms with Gasteiger partial charge < -0.3 is 18.8 Å². The van der Waals surface area contributed by atoms with Gasteiger partial charge in [-0.1, -0.05) is 30.3 Å². The number of esters is 2. The Kier molecular flexibility index (Phi) is 5.17. The Hall–Kier alpha value is -4.13. The molecule has 0 bridgehead atoms. The van der Waals surface area contributed by atoms with E-state index >= 15 is 0 Å². The van der Waals surface area contributed by atoms with Gasteiger partial charge in [0.25, 0.3) is 0 Å². The van der Waals surface area contributed by atoms with Crippen LogP contribution in [0.2, 0.25) is 0 Å². The molecule has 150 valence electrons. The van der Waals surface area contributed by atoms with Gasteiger partial charge in [-0.3, -0.25) is 0 Å². The first-order valence-corrected chi connectivity index (χ1v) is 9.14. The van der Waals surface area contributed by atoms with Crippen molar-refractivity contribution in [3.8, 4) is 11.5 Å². The van der Waals surface area contributed by atoms with Gasteiger partial charge in [-0.05, 0) is 36.4 Å². The van der Waals surface area contributed by atoms with Gasteiger partial charge in [-0.2, -0.15) is 0 Å². The summed E-state index contributed by atoms with van der Waals surface area (Å²) >= 11 is 0. The smallest absolute Gasteiger partial charge is 0.355 e. The van der Waals surface area contributed by atoms with E-state index in [2.05, 4.69) is 4.98 Å². The molecular formula is C23H18N2O5. The van der Waals surface area contributed by atoms with Crippen LogP contribution in [0.1, 0.15) is 0 Å². The number of benzene rings is 2. The lowest BCUT2D eigenvalue weighted by molar-refractivity contribution is -0.139. The normalized spacial score (nSPS) is 13.5. The van der Waals surface area contributed by atoms with Crippen molar-refractivity contribution in [1.29, 1.82) is 0 Å². The predicted molar refractivity (Wildman–Crippen MR) is 111 cm³/mol. The van der Waals surface area contributed by atoms with Crippen LogP contribution < -0.4 is 4.90 Å². The number of hydrogen-bond donors (Lipinski definition) is 0. The van der Waals surface area contributed by atoms with Crippen molar-refractivity contribution in [1.82, 2.24) is 4.98 Å². The summed E-state index contributed by atoms with van der Waals surface area (Å²) in [5, 5.41) is 0. The van der Waals surface area contributed by atoms with Crippen LogP contribution in [0, 0.1) is 0 Å². The van der Waals surface area contributed by atoms with Gasteiger partial charge in [0.2, 0.25) is 5.89 Å². The van der Waals surface area contributed by atoms with Crippen molar-refractivity contribution in [2.75, 3.05) is 19.1 Å². The molecule has 0 saturated heterocycles. The SMILES string of the molecule is COC(=O)C1=C(C(=O)OC)N(c2cccc3oc(-c4ccccc4)nc23)C=CC=C1. The molecule has 0 saturated carbocycles. The minimum absolute atomic E-state index is 0.0195. The number of allylic oxidation sites excluding steroid dienone is 2. The number of carbonyl (C=O) groups excluding carboxylic acids is 2. The number of aromatic nitrogens is 1. The lowest BCUT2D eigenvalue weighted by Gasteiger charge is -2.23. The maximum Gasteiger partial charge on any atom is 0.355 e. The van der Waals surface area contributed by atoms with Crippen LogP contribution in [-0.2, 0) is 19.1 Å². The fraction of sp³-hybridized carbons (Fsp3) is 0.0870. The first-order chi connectivity index (χ1) is 14.6. The largest absolute Gasteiger partial charge is 0.465 e. The zero-order valence-corrected chi connectivity index (χ0v) is 16.4. The van der Waals surface area contributed by atoms with Crippen molar-refractivity contribution >= 4 is 28.7 Å². The number of carbonyl (C=O) groups is 2. The van der Waals surface area contributed by atoms with E-state index in [1.807, 2.05) is 30.3 Å².